The van der Waals surface area contributed by atoms with Gasteiger partial charge in [0.1, 0.15) is 29.0 Å². The molecule has 1 aliphatic heterocycles. The summed E-state index contributed by atoms with van der Waals surface area (Å²) in [5.74, 6) is 0. The summed E-state index contributed by atoms with van der Waals surface area (Å²) >= 11 is 0. The number of hydrogen-bond donors (Lipinski definition) is 5. The van der Waals surface area contributed by atoms with E-state index in [0.717, 1.165) is 0 Å². The molecule has 1 heterocycles. The summed E-state index contributed by atoms with van der Waals surface area (Å²) in [7, 11) is -20.4. The first-order valence-corrected chi connectivity index (χ1v) is 39.5. The molecule has 6 nitrogen and oxygen atoms in total. The molecule has 1 unspecified atom stereocenters. The third-order valence-electron chi connectivity index (χ3n) is 10.4. The quantitative estimate of drug-likeness (QED) is 0.216. The molecule has 5 N–H and O–H groups in total. The van der Waals surface area contributed by atoms with Gasteiger partial charge in [-0.2, -0.15) is 0 Å². The smallest absolute Gasteiger partial charge is 0.176 e. The zero-order valence-corrected chi connectivity index (χ0v) is 37.1. The van der Waals surface area contributed by atoms with Crippen LogP contribution in [-0.4, -0.2) is 113 Å². The lowest BCUT2D eigenvalue weighted by Gasteiger charge is -2.82. The summed E-state index contributed by atoms with van der Waals surface area (Å²) in [6, 6.07) is 0. The Labute approximate surface area is 254 Å². The Morgan fingerprint density at radius 2 is 0.675 bits per heavy atom. The normalized spacial score (nSPS) is 36.1. The minimum Gasteiger partial charge on any atom is -0.394 e. The van der Waals surface area contributed by atoms with Gasteiger partial charge in [0.2, 0.25) is 0 Å². The molecular weight excluding hydrogens is 617 g/mol. The Hall–Kier alpha value is 1.28. The van der Waals surface area contributed by atoms with Crippen LogP contribution in [0.25, 0.3) is 0 Å². The van der Waals surface area contributed by atoms with Gasteiger partial charge in [-0.1, -0.05) is 137 Å². The molecule has 5 atom stereocenters. The zero-order chi connectivity index (χ0) is 33.2. The molecule has 0 bridgehead atoms. The highest BCUT2D eigenvalue weighted by atomic mass is 28.4. The molecular formula is C27H68O6Si7. The van der Waals surface area contributed by atoms with Crippen molar-refractivity contribution in [3.8, 4) is 0 Å². The van der Waals surface area contributed by atoms with Crippen molar-refractivity contribution in [3.63, 3.8) is 0 Å². The van der Waals surface area contributed by atoms with Gasteiger partial charge in [0.15, 0.2) is 5.41 Å². The van der Waals surface area contributed by atoms with Crippen molar-refractivity contribution >= 4 is 56.5 Å². The fourth-order valence-corrected chi connectivity index (χ4v) is 46.5. The van der Waals surface area contributed by atoms with E-state index in [4.69, 9.17) is 4.74 Å². The van der Waals surface area contributed by atoms with Crippen LogP contribution in [0.15, 0.2) is 0 Å². The van der Waals surface area contributed by atoms with Gasteiger partial charge in [-0.05, 0) is 0 Å². The second kappa shape index (κ2) is 9.64. The summed E-state index contributed by atoms with van der Waals surface area (Å²) in [5, 5.41) is 61.0. The number of aliphatic hydroxyl groups is 5. The van der Waals surface area contributed by atoms with Crippen LogP contribution in [-0.2, 0) is 4.74 Å². The first-order valence-electron chi connectivity index (χ1n) is 15.0. The third-order valence-corrected chi connectivity index (χ3v) is 35.5. The lowest BCUT2D eigenvalue weighted by molar-refractivity contribution is -0.385. The molecule has 0 aromatic heterocycles. The Bertz CT molecular complexity index is 963. The van der Waals surface area contributed by atoms with Gasteiger partial charge in [-0.25, -0.2) is 0 Å². The molecule has 13 heteroatoms. The fourth-order valence-electron chi connectivity index (χ4n) is 8.79. The molecule has 1 aliphatic rings. The van der Waals surface area contributed by atoms with Crippen molar-refractivity contribution in [3.05, 3.63) is 0 Å². The van der Waals surface area contributed by atoms with Crippen LogP contribution in [0.2, 0.25) is 137 Å². The SMILES string of the molecule is C[Si](C)(C)C1(O)O[C@@](C(O)([Si](C)(C)C)[Si](C)(C)C)([Si](C)(C)C)[C@@](O)([Si](C)(C)C)[C@@](O)([Si](C)(C)C)[C@]1(O)[Si](C)(C)C. The van der Waals surface area contributed by atoms with Gasteiger partial charge >= 0.3 is 0 Å². The van der Waals surface area contributed by atoms with Crippen LogP contribution in [0, 0.1) is 0 Å². The minimum absolute atomic E-state index is 1.46. The molecule has 1 saturated heterocycles. The van der Waals surface area contributed by atoms with E-state index in [9.17, 15) is 25.5 Å². The van der Waals surface area contributed by atoms with Gasteiger partial charge in [0.25, 0.3) is 0 Å². The van der Waals surface area contributed by atoms with Crippen LogP contribution in [0.3, 0.4) is 0 Å². The predicted octanol–water partition coefficient (Wildman–Crippen LogP) is 5.51. The molecule has 0 amide bonds. The van der Waals surface area contributed by atoms with Crippen LogP contribution in [0.1, 0.15) is 0 Å². The molecule has 1 fully saturated rings. The summed E-state index contributed by atoms with van der Waals surface area (Å²) in [5.41, 5.74) is -2.13. The highest BCUT2D eigenvalue weighted by Crippen LogP contribution is 2.68. The van der Waals surface area contributed by atoms with Gasteiger partial charge in [0, 0.05) is 0 Å². The van der Waals surface area contributed by atoms with E-state index in [2.05, 4.69) is 78.6 Å². The molecule has 0 aromatic carbocycles. The summed E-state index contributed by atoms with van der Waals surface area (Å²) in [4.78, 5) is -1.46. The first-order chi connectivity index (χ1) is 16.7. The number of rotatable bonds is 8. The largest absolute Gasteiger partial charge is 0.394 e. The Morgan fingerprint density at radius 1 is 0.400 bits per heavy atom. The molecule has 0 radical (unpaired) electrons. The number of ether oxygens (including phenoxy) is 1. The van der Waals surface area contributed by atoms with Crippen LogP contribution >= 0.6 is 0 Å². The zero-order valence-electron chi connectivity index (χ0n) is 30.1. The maximum atomic E-state index is 14.2. The minimum atomic E-state index is -3.05. The molecule has 240 valence electrons. The Balaban J connectivity index is 5.21. The highest BCUT2D eigenvalue weighted by Gasteiger charge is 2.94. The van der Waals surface area contributed by atoms with Gasteiger partial charge < -0.3 is 30.3 Å². The van der Waals surface area contributed by atoms with E-state index in [1.165, 1.54) is 0 Å². The Morgan fingerprint density at radius 3 is 0.850 bits per heavy atom. The predicted molar refractivity (Wildman–Crippen MR) is 192 cm³/mol. The van der Waals surface area contributed by atoms with Crippen LogP contribution in [0.5, 0.6) is 0 Å². The van der Waals surface area contributed by atoms with E-state index in [1.54, 1.807) is 0 Å². The van der Waals surface area contributed by atoms with Gasteiger partial charge in [-0.15, -0.1) is 0 Å². The maximum Gasteiger partial charge on any atom is 0.176 e. The van der Waals surface area contributed by atoms with E-state index >= 15 is 0 Å². The van der Waals surface area contributed by atoms with E-state index in [0.29, 0.717) is 0 Å². The lowest BCUT2D eigenvalue weighted by atomic mass is 9.93. The first kappa shape index (κ1) is 39.3. The topological polar surface area (TPSA) is 110 Å². The average molecular weight is 685 g/mol. The van der Waals surface area contributed by atoms with E-state index < -0.39 is 87.7 Å². The molecule has 1 rings (SSSR count). The second-order valence-corrected chi connectivity index (χ2v) is 57.0. The molecule has 0 spiro atoms. The maximum absolute atomic E-state index is 14.2. The summed E-state index contributed by atoms with van der Waals surface area (Å²) in [6.07, 6.45) is 0. The van der Waals surface area contributed by atoms with E-state index in [1.807, 2.05) is 58.9 Å². The number of hydrogen-bond acceptors (Lipinski definition) is 6. The summed E-state index contributed by atoms with van der Waals surface area (Å²) in [6.45, 7) is 43.3. The van der Waals surface area contributed by atoms with Gasteiger partial charge in [-0.3, -0.25) is 0 Å². The standard InChI is InChI=1S/C27H68O6Si7/c1-34(2,3)22(28)23(29,35(4,5)6)25(37(10,11)12,27(32,39(16,17)18)40(19,20)21)33-26(31,38(13,14)15)24(22,30)36(7,8)9/h28-32H,1-21H3/t22-,23+,24+,25-,26?/m1/s1. The lowest BCUT2D eigenvalue weighted by Crippen LogP contribution is -3.07. The summed E-state index contributed by atoms with van der Waals surface area (Å²) < 4.78 is 7.51. The molecule has 0 aliphatic carbocycles. The molecule has 0 aromatic rings. The molecule has 40 heavy (non-hydrogen) atoms. The van der Waals surface area contributed by atoms with Crippen molar-refractivity contribution in [2.24, 2.45) is 0 Å². The fraction of sp³-hybridized carbons (Fsp3) is 1.00. The van der Waals surface area contributed by atoms with Crippen LogP contribution in [0.4, 0.5) is 0 Å². The van der Waals surface area contributed by atoms with Crippen molar-refractivity contribution in [1.29, 1.82) is 0 Å². The van der Waals surface area contributed by atoms with Crippen molar-refractivity contribution < 1.29 is 30.3 Å². The van der Waals surface area contributed by atoms with Crippen LogP contribution < -0.4 is 0 Å². The monoisotopic (exact) mass is 684 g/mol. The average Bonchev–Trinajstić information content (AvgIpc) is 2.61. The third kappa shape index (κ3) is 4.33. The highest BCUT2D eigenvalue weighted by molar-refractivity contribution is 7.03. The van der Waals surface area contributed by atoms with E-state index in [-0.39, 0.29) is 0 Å². The van der Waals surface area contributed by atoms with Crippen molar-refractivity contribution in [2.75, 3.05) is 0 Å². The van der Waals surface area contributed by atoms with Gasteiger partial charge in [0.05, 0.1) is 53.3 Å². The second-order valence-electron chi connectivity index (χ2n) is 20.0. The Kier molecular flexibility index (Phi) is 9.47. The van der Waals surface area contributed by atoms with Crippen molar-refractivity contribution in [2.45, 2.75) is 169 Å². The molecule has 0 saturated carbocycles. The van der Waals surface area contributed by atoms with Crippen molar-refractivity contribution in [1.82, 2.24) is 0 Å².